The van der Waals surface area contributed by atoms with Gasteiger partial charge in [0.25, 0.3) is 5.56 Å². The number of aromatic nitrogens is 6. The highest BCUT2D eigenvalue weighted by molar-refractivity contribution is 7.98. The predicted molar refractivity (Wildman–Crippen MR) is 75.6 cm³/mol. The summed E-state index contributed by atoms with van der Waals surface area (Å²) >= 11 is 2.79. The van der Waals surface area contributed by atoms with Crippen LogP contribution < -0.4 is 11.3 Å². The molecule has 0 aromatic carbocycles. The van der Waals surface area contributed by atoms with Crippen LogP contribution in [0.4, 0.5) is 0 Å². The van der Waals surface area contributed by atoms with Crippen LogP contribution in [0.3, 0.4) is 0 Å². The zero-order valence-electron chi connectivity index (χ0n) is 10.6. The van der Waals surface area contributed by atoms with Gasteiger partial charge in [0, 0.05) is 18.9 Å². The summed E-state index contributed by atoms with van der Waals surface area (Å²) in [6.07, 6.45) is 0. The molecule has 3 aromatic rings. The normalized spacial score (nSPS) is 11.3. The summed E-state index contributed by atoms with van der Waals surface area (Å²) < 4.78 is 3.12. The number of hydrogen-bond acceptors (Lipinski definition) is 8. The van der Waals surface area contributed by atoms with Crippen molar-refractivity contribution < 1.29 is 0 Å². The summed E-state index contributed by atoms with van der Waals surface area (Å²) in [5, 5.41) is 12.7. The molecule has 10 heteroatoms. The Bertz CT molecular complexity index is 805. The molecular weight excluding hydrogens is 298 g/mol. The van der Waals surface area contributed by atoms with E-state index in [1.54, 1.807) is 5.51 Å². The van der Waals surface area contributed by atoms with Gasteiger partial charge in [-0.15, -0.1) is 10.2 Å². The Morgan fingerprint density at radius 1 is 1.45 bits per heavy atom. The summed E-state index contributed by atoms with van der Waals surface area (Å²) in [4.78, 5) is 16.8. The van der Waals surface area contributed by atoms with E-state index >= 15 is 0 Å². The van der Waals surface area contributed by atoms with Gasteiger partial charge in [-0.05, 0) is 0 Å². The number of nitrogens with two attached hydrogens (primary N) is 1. The molecule has 0 amide bonds. The Hall–Kier alpha value is -1.78. The number of hydrogen-bond donors (Lipinski definition) is 1. The van der Waals surface area contributed by atoms with Crippen molar-refractivity contribution in [3.63, 3.8) is 0 Å². The Balaban J connectivity index is 1.82. The van der Waals surface area contributed by atoms with Gasteiger partial charge in [0.2, 0.25) is 4.96 Å². The first-order chi connectivity index (χ1) is 9.69. The number of fused-ring (bicyclic) bond motifs is 1. The first-order valence-electron chi connectivity index (χ1n) is 5.72. The first-order valence-corrected chi connectivity index (χ1v) is 7.59. The Kier molecular flexibility index (Phi) is 3.51. The number of nitrogens with zero attached hydrogens (tertiary/aromatic N) is 6. The molecule has 0 bridgehead atoms. The molecule has 0 radical (unpaired) electrons. The fraction of sp³-hybridized carbons (Fsp3) is 0.300. The summed E-state index contributed by atoms with van der Waals surface area (Å²) in [5.41, 5.74) is 7.66. The standard InChI is InChI=1S/C10H11N7OS2/c1-16-7(3-11)14-15-10(16)19-4-6-2-8(18)17-9(13-6)20-5-12-17/h2,5H,3-4,11H2,1H3. The smallest absolute Gasteiger partial charge is 0.275 e. The minimum Gasteiger partial charge on any atom is -0.324 e. The lowest BCUT2D eigenvalue weighted by molar-refractivity contribution is 0.734. The predicted octanol–water partition coefficient (Wildman–Crippen LogP) is 0.0305. The molecule has 104 valence electrons. The summed E-state index contributed by atoms with van der Waals surface area (Å²) in [6, 6.07) is 1.49. The van der Waals surface area contributed by atoms with Gasteiger partial charge in [0.15, 0.2) is 5.16 Å². The Labute approximate surface area is 121 Å². The number of rotatable bonds is 4. The molecule has 3 heterocycles. The lowest BCUT2D eigenvalue weighted by Crippen LogP contribution is -2.14. The minimum absolute atomic E-state index is 0.174. The van der Waals surface area contributed by atoms with E-state index in [-0.39, 0.29) is 5.56 Å². The van der Waals surface area contributed by atoms with E-state index in [9.17, 15) is 4.79 Å². The van der Waals surface area contributed by atoms with Crippen molar-refractivity contribution >= 4 is 28.1 Å². The van der Waals surface area contributed by atoms with E-state index in [0.29, 0.717) is 23.0 Å². The second-order valence-corrected chi connectivity index (χ2v) is 5.72. The van der Waals surface area contributed by atoms with Gasteiger partial charge < -0.3 is 10.3 Å². The molecule has 0 spiro atoms. The zero-order chi connectivity index (χ0) is 14.1. The van der Waals surface area contributed by atoms with Crippen molar-refractivity contribution in [3.8, 4) is 0 Å². The second-order valence-electron chi connectivity index (χ2n) is 3.97. The lowest BCUT2D eigenvalue weighted by Gasteiger charge is -2.02. The molecule has 0 aliphatic heterocycles. The van der Waals surface area contributed by atoms with E-state index in [1.807, 2.05) is 11.6 Å². The lowest BCUT2D eigenvalue weighted by atomic mass is 10.4. The van der Waals surface area contributed by atoms with Gasteiger partial charge in [-0.1, -0.05) is 23.1 Å². The fourth-order valence-electron chi connectivity index (χ4n) is 1.66. The van der Waals surface area contributed by atoms with Crippen LogP contribution in [-0.2, 0) is 19.3 Å². The molecule has 0 atom stereocenters. The maximum Gasteiger partial charge on any atom is 0.275 e. The third kappa shape index (κ3) is 2.32. The average molecular weight is 309 g/mol. The highest BCUT2D eigenvalue weighted by atomic mass is 32.2. The van der Waals surface area contributed by atoms with Crippen molar-refractivity contribution in [2.24, 2.45) is 12.8 Å². The highest BCUT2D eigenvalue weighted by Crippen LogP contribution is 2.20. The molecule has 3 rings (SSSR count). The molecule has 0 unspecified atom stereocenters. The average Bonchev–Trinajstić information content (AvgIpc) is 3.03. The van der Waals surface area contributed by atoms with E-state index in [2.05, 4.69) is 20.3 Å². The minimum atomic E-state index is -0.174. The van der Waals surface area contributed by atoms with Crippen LogP contribution in [0.15, 0.2) is 21.5 Å². The van der Waals surface area contributed by atoms with E-state index in [4.69, 9.17) is 5.73 Å². The van der Waals surface area contributed by atoms with Gasteiger partial charge in [-0.3, -0.25) is 4.79 Å². The quantitative estimate of drug-likeness (QED) is 0.678. The maximum absolute atomic E-state index is 11.8. The second kappa shape index (κ2) is 5.31. The van der Waals surface area contributed by atoms with Gasteiger partial charge >= 0.3 is 0 Å². The molecular formula is C10H11N7OS2. The molecule has 0 saturated heterocycles. The van der Waals surface area contributed by atoms with Crippen LogP contribution in [0.1, 0.15) is 11.5 Å². The zero-order valence-corrected chi connectivity index (χ0v) is 12.2. The van der Waals surface area contributed by atoms with Crippen LogP contribution >= 0.6 is 23.1 Å². The molecule has 2 N–H and O–H groups in total. The van der Waals surface area contributed by atoms with Gasteiger partial charge in [0.1, 0.15) is 11.3 Å². The summed E-state index contributed by atoms with van der Waals surface area (Å²) in [5.74, 6) is 1.26. The Morgan fingerprint density at radius 2 is 2.30 bits per heavy atom. The molecule has 0 aliphatic rings. The van der Waals surface area contributed by atoms with E-state index in [0.717, 1.165) is 11.0 Å². The molecule has 0 aliphatic carbocycles. The van der Waals surface area contributed by atoms with E-state index in [1.165, 1.54) is 33.7 Å². The topological polar surface area (TPSA) is 104 Å². The van der Waals surface area contributed by atoms with Gasteiger partial charge in [-0.2, -0.15) is 9.61 Å². The van der Waals surface area contributed by atoms with Gasteiger partial charge in [-0.25, -0.2) is 4.98 Å². The highest BCUT2D eigenvalue weighted by Gasteiger charge is 2.10. The largest absolute Gasteiger partial charge is 0.324 e. The van der Waals surface area contributed by atoms with Crippen molar-refractivity contribution in [1.82, 2.24) is 29.4 Å². The molecule has 0 fully saturated rings. The fourth-order valence-corrected chi connectivity index (χ4v) is 3.13. The van der Waals surface area contributed by atoms with Crippen LogP contribution in [0.2, 0.25) is 0 Å². The van der Waals surface area contributed by atoms with Crippen molar-refractivity contribution in [2.75, 3.05) is 0 Å². The number of thioether (sulfide) groups is 1. The molecule has 20 heavy (non-hydrogen) atoms. The van der Waals surface area contributed by atoms with Crippen molar-refractivity contribution in [2.45, 2.75) is 17.5 Å². The van der Waals surface area contributed by atoms with Crippen LogP contribution in [0.25, 0.3) is 4.96 Å². The van der Waals surface area contributed by atoms with Crippen molar-refractivity contribution in [3.05, 3.63) is 33.4 Å². The monoisotopic (exact) mass is 309 g/mol. The van der Waals surface area contributed by atoms with Crippen LogP contribution in [0, 0.1) is 0 Å². The van der Waals surface area contributed by atoms with Crippen LogP contribution in [-0.4, -0.2) is 29.4 Å². The van der Waals surface area contributed by atoms with Crippen molar-refractivity contribution in [1.29, 1.82) is 0 Å². The Morgan fingerprint density at radius 3 is 3.05 bits per heavy atom. The SMILES string of the molecule is Cn1c(CN)nnc1SCc1cc(=O)n2ncsc2n1. The molecule has 8 nitrogen and oxygen atoms in total. The van der Waals surface area contributed by atoms with Crippen LogP contribution in [0.5, 0.6) is 0 Å². The van der Waals surface area contributed by atoms with Gasteiger partial charge in [0.05, 0.1) is 12.2 Å². The summed E-state index contributed by atoms with van der Waals surface area (Å²) in [7, 11) is 1.86. The maximum atomic E-state index is 11.8. The molecule has 3 aromatic heterocycles. The molecule has 0 saturated carbocycles. The van der Waals surface area contributed by atoms with E-state index < -0.39 is 0 Å². The third-order valence-electron chi connectivity index (χ3n) is 2.70. The third-order valence-corrected chi connectivity index (χ3v) is 4.43. The first kappa shape index (κ1) is 13.2. The summed E-state index contributed by atoms with van der Waals surface area (Å²) in [6.45, 7) is 0.344.